The highest BCUT2D eigenvalue weighted by molar-refractivity contribution is 6.24. The Morgan fingerprint density at radius 2 is 1.83 bits per heavy atom. The van der Waals surface area contributed by atoms with Gasteiger partial charge in [0, 0.05) is 19.6 Å². The number of aryl methyl sites for hydroxylation is 1. The third-order valence-corrected chi connectivity index (χ3v) is 5.16. The van der Waals surface area contributed by atoms with E-state index in [0.29, 0.717) is 50.4 Å². The molecule has 1 fully saturated rings. The summed E-state index contributed by atoms with van der Waals surface area (Å²) in [6.45, 7) is 2.96. The Bertz CT molecular complexity index is 825. The Morgan fingerprint density at radius 1 is 1.07 bits per heavy atom. The fourth-order valence-corrected chi connectivity index (χ4v) is 3.65. The van der Waals surface area contributed by atoms with Crippen LogP contribution >= 0.6 is 0 Å². The van der Waals surface area contributed by atoms with Crippen LogP contribution < -0.4 is 10.6 Å². The lowest BCUT2D eigenvalue weighted by atomic mass is 9.99. The van der Waals surface area contributed by atoms with E-state index < -0.39 is 23.8 Å². The lowest BCUT2D eigenvalue weighted by molar-refractivity contribution is -0.136. The van der Waals surface area contributed by atoms with E-state index in [-0.39, 0.29) is 18.7 Å². The summed E-state index contributed by atoms with van der Waals surface area (Å²) in [5, 5.41) is 5.20. The van der Waals surface area contributed by atoms with Gasteiger partial charge in [-0.1, -0.05) is 12.1 Å². The van der Waals surface area contributed by atoms with E-state index in [1.54, 1.807) is 12.1 Å². The third-order valence-electron chi connectivity index (χ3n) is 5.16. The number of carbonyl (C=O) groups is 4. The minimum atomic E-state index is -0.950. The first-order valence-electron chi connectivity index (χ1n) is 10.2. The first-order valence-corrected chi connectivity index (χ1v) is 10.2. The zero-order chi connectivity index (χ0) is 21.5. The van der Waals surface area contributed by atoms with Gasteiger partial charge in [0.05, 0.1) is 30.9 Å². The summed E-state index contributed by atoms with van der Waals surface area (Å²) in [5.41, 5.74) is 1.41. The summed E-state index contributed by atoms with van der Waals surface area (Å²) >= 11 is 0. The van der Waals surface area contributed by atoms with Crippen LogP contribution in [0.5, 0.6) is 0 Å². The van der Waals surface area contributed by atoms with Crippen molar-refractivity contribution in [2.24, 2.45) is 0 Å². The number of imide groups is 2. The summed E-state index contributed by atoms with van der Waals surface area (Å²) in [7, 11) is 1.86. The van der Waals surface area contributed by atoms with Gasteiger partial charge in [-0.05, 0) is 37.9 Å². The molecule has 1 unspecified atom stereocenters. The summed E-state index contributed by atoms with van der Waals surface area (Å²) < 4.78 is 10.9. The maximum Gasteiger partial charge on any atom is 0.262 e. The normalized spacial score (nSPS) is 18.7. The molecule has 0 aliphatic carbocycles. The molecule has 1 atom stereocenters. The van der Waals surface area contributed by atoms with Crippen molar-refractivity contribution in [3.05, 3.63) is 34.9 Å². The van der Waals surface area contributed by atoms with Crippen LogP contribution in [0.1, 0.15) is 45.5 Å². The first kappa shape index (κ1) is 22.1. The lowest BCUT2D eigenvalue weighted by Gasteiger charge is -2.27. The largest absolute Gasteiger partial charge is 0.379 e. The molecule has 30 heavy (non-hydrogen) atoms. The van der Waals surface area contributed by atoms with Crippen LogP contribution in [0.2, 0.25) is 0 Å². The van der Waals surface area contributed by atoms with Gasteiger partial charge in [-0.15, -0.1) is 0 Å². The number of piperidine rings is 1. The molecule has 9 heteroatoms. The van der Waals surface area contributed by atoms with Gasteiger partial charge in [-0.25, -0.2) is 0 Å². The standard InChI is InChI=1S/C21H27N3O6/c1-22-9-11-30-13-12-29-10-3-5-14-4-2-6-15-18(14)21(28)24(20(15)27)16-7-8-17(25)23-19(16)26/h2,4,6,16,22H,3,5,7-13H2,1H3,(H,23,25,26). The van der Waals surface area contributed by atoms with E-state index in [1.165, 1.54) is 0 Å². The van der Waals surface area contributed by atoms with Gasteiger partial charge >= 0.3 is 0 Å². The number of amides is 4. The van der Waals surface area contributed by atoms with Crippen molar-refractivity contribution >= 4 is 23.6 Å². The molecule has 162 valence electrons. The number of likely N-dealkylation sites (N-methyl/N-ethyl adjacent to an activating group) is 1. The highest BCUT2D eigenvalue weighted by atomic mass is 16.5. The number of fused-ring (bicyclic) bond motifs is 1. The summed E-state index contributed by atoms with van der Waals surface area (Å²) in [5.74, 6) is -1.95. The number of hydrogen-bond acceptors (Lipinski definition) is 7. The highest BCUT2D eigenvalue weighted by Gasteiger charge is 2.45. The topological polar surface area (TPSA) is 114 Å². The van der Waals surface area contributed by atoms with E-state index in [2.05, 4.69) is 10.6 Å². The predicted octanol–water partition coefficient (Wildman–Crippen LogP) is 0.273. The summed E-state index contributed by atoms with van der Waals surface area (Å²) in [6.07, 6.45) is 1.52. The second-order valence-corrected chi connectivity index (χ2v) is 7.22. The van der Waals surface area contributed by atoms with Crippen LogP contribution in [0.4, 0.5) is 0 Å². The van der Waals surface area contributed by atoms with Gasteiger partial charge in [0.15, 0.2) is 0 Å². The molecule has 3 rings (SSSR count). The maximum absolute atomic E-state index is 13.0. The Kier molecular flexibility index (Phi) is 7.67. The average Bonchev–Trinajstić information content (AvgIpc) is 2.98. The predicted molar refractivity (Wildman–Crippen MR) is 107 cm³/mol. The van der Waals surface area contributed by atoms with Gasteiger partial charge in [0.25, 0.3) is 11.8 Å². The van der Waals surface area contributed by atoms with Crippen LogP contribution in [-0.2, 0) is 25.5 Å². The van der Waals surface area contributed by atoms with Crippen molar-refractivity contribution in [2.75, 3.05) is 40.0 Å². The number of nitrogens with zero attached hydrogens (tertiary/aromatic N) is 1. The summed E-state index contributed by atoms with van der Waals surface area (Å²) in [6, 6.07) is 4.21. The molecule has 0 radical (unpaired) electrons. The molecule has 1 aromatic carbocycles. The monoisotopic (exact) mass is 417 g/mol. The van der Waals surface area contributed by atoms with Crippen molar-refractivity contribution in [1.29, 1.82) is 0 Å². The van der Waals surface area contributed by atoms with Gasteiger partial charge in [0.2, 0.25) is 11.8 Å². The van der Waals surface area contributed by atoms with Gasteiger partial charge in [-0.2, -0.15) is 0 Å². The lowest BCUT2D eigenvalue weighted by Crippen LogP contribution is -2.54. The smallest absolute Gasteiger partial charge is 0.262 e. The third kappa shape index (κ3) is 4.92. The average molecular weight is 417 g/mol. The van der Waals surface area contributed by atoms with E-state index in [9.17, 15) is 19.2 Å². The van der Waals surface area contributed by atoms with Crippen molar-refractivity contribution in [2.45, 2.75) is 31.7 Å². The molecule has 1 saturated heterocycles. The fraction of sp³-hybridized carbons (Fsp3) is 0.524. The number of rotatable bonds is 11. The number of nitrogens with one attached hydrogen (secondary N) is 2. The van der Waals surface area contributed by atoms with Gasteiger partial charge in [0.1, 0.15) is 6.04 Å². The number of hydrogen-bond donors (Lipinski definition) is 2. The van der Waals surface area contributed by atoms with Crippen LogP contribution in [0, 0.1) is 0 Å². The molecule has 2 heterocycles. The second kappa shape index (κ2) is 10.4. The Balaban J connectivity index is 1.56. The van der Waals surface area contributed by atoms with Gasteiger partial charge in [-0.3, -0.25) is 29.4 Å². The fourth-order valence-electron chi connectivity index (χ4n) is 3.65. The van der Waals surface area contributed by atoms with Crippen LogP contribution in [-0.4, -0.2) is 74.6 Å². The molecular formula is C21H27N3O6. The Labute approximate surface area is 175 Å². The molecule has 2 aliphatic heterocycles. The molecule has 4 amide bonds. The highest BCUT2D eigenvalue weighted by Crippen LogP contribution is 2.30. The summed E-state index contributed by atoms with van der Waals surface area (Å²) in [4.78, 5) is 50.4. The number of ether oxygens (including phenoxy) is 2. The van der Waals surface area contributed by atoms with Crippen LogP contribution in [0.15, 0.2) is 18.2 Å². The number of carbonyl (C=O) groups excluding carboxylic acids is 4. The zero-order valence-electron chi connectivity index (χ0n) is 17.1. The molecule has 0 saturated carbocycles. The van der Waals surface area contributed by atoms with E-state index >= 15 is 0 Å². The van der Waals surface area contributed by atoms with E-state index in [0.717, 1.165) is 17.0 Å². The minimum Gasteiger partial charge on any atom is -0.379 e. The molecule has 0 bridgehead atoms. The first-order chi connectivity index (χ1) is 14.5. The van der Waals surface area contributed by atoms with Gasteiger partial charge < -0.3 is 14.8 Å². The Hall–Kier alpha value is -2.62. The van der Waals surface area contributed by atoms with Crippen LogP contribution in [0.25, 0.3) is 0 Å². The quantitative estimate of drug-likeness (QED) is 0.392. The van der Waals surface area contributed by atoms with Crippen molar-refractivity contribution < 1.29 is 28.7 Å². The number of benzene rings is 1. The SMILES string of the molecule is CNCCOCCOCCCc1cccc2c1C(=O)N(C1CCC(=O)NC1=O)C2=O. The Morgan fingerprint density at radius 3 is 2.57 bits per heavy atom. The molecule has 2 N–H and O–H groups in total. The minimum absolute atomic E-state index is 0.104. The molecular weight excluding hydrogens is 390 g/mol. The van der Waals surface area contributed by atoms with E-state index in [1.807, 2.05) is 13.1 Å². The van der Waals surface area contributed by atoms with Crippen LogP contribution in [0.3, 0.4) is 0 Å². The van der Waals surface area contributed by atoms with Crippen molar-refractivity contribution in [3.8, 4) is 0 Å². The second-order valence-electron chi connectivity index (χ2n) is 7.22. The molecule has 9 nitrogen and oxygen atoms in total. The molecule has 0 aromatic heterocycles. The molecule has 0 spiro atoms. The maximum atomic E-state index is 13.0. The van der Waals surface area contributed by atoms with E-state index in [4.69, 9.17) is 9.47 Å². The van der Waals surface area contributed by atoms with Crippen molar-refractivity contribution in [1.82, 2.24) is 15.5 Å². The molecule has 1 aromatic rings. The van der Waals surface area contributed by atoms with Crippen molar-refractivity contribution in [3.63, 3.8) is 0 Å². The molecule has 2 aliphatic rings. The zero-order valence-corrected chi connectivity index (χ0v) is 17.1.